The van der Waals surface area contributed by atoms with Gasteiger partial charge in [-0.3, -0.25) is 0 Å². The Morgan fingerprint density at radius 2 is 1.75 bits per heavy atom. The summed E-state index contributed by atoms with van der Waals surface area (Å²) in [5.41, 5.74) is 0. The van der Waals surface area contributed by atoms with Gasteiger partial charge < -0.3 is 0 Å². The van der Waals surface area contributed by atoms with E-state index in [2.05, 4.69) is 27.0 Å². The number of rotatable bonds is 1. The molecule has 0 saturated heterocycles. The van der Waals surface area contributed by atoms with E-state index in [-0.39, 0.29) is 0 Å². The molecule has 0 nitrogen and oxygen atoms in total. The third-order valence-corrected chi connectivity index (χ3v) is 2.52. The molecule has 0 N–H and O–H groups in total. The van der Waals surface area contributed by atoms with Crippen molar-refractivity contribution in [2.24, 2.45) is 0 Å². The van der Waals surface area contributed by atoms with Crippen molar-refractivity contribution < 1.29 is 0 Å². The standard InChI is InChI=1S/C6H5SSe/c8-7-6-4-2-1-3-5-6/h1-5H. The molecule has 0 aliphatic carbocycles. The summed E-state index contributed by atoms with van der Waals surface area (Å²) in [6.45, 7) is 0. The zero-order valence-corrected chi connectivity index (χ0v) is 6.73. The fourth-order valence-corrected chi connectivity index (χ4v) is 1.44. The summed E-state index contributed by atoms with van der Waals surface area (Å²) in [6.07, 6.45) is 0. The van der Waals surface area contributed by atoms with Crippen LogP contribution in [-0.4, -0.2) is 14.9 Å². The van der Waals surface area contributed by atoms with Crippen LogP contribution < -0.4 is 0 Å². The van der Waals surface area contributed by atoms with E-state index < -0.39 is 0 Å². The minimum atomic E-state index is 1.27. The van der Waals surface area contributed by atoms with Gasteiger partial charge in [0, 0.05) is 0 Å². The summed E-state index contributed by atoms with van der Waals surface area (Å²) in [5, 5.41) is 0. The first-order chi connectivity index (χ1) is 3.93. The zero-order chi connectivity index (χ0) is 5.82. The molecule has 0 aliphatic heterocycles. The molecular formula is C6H5SSe. The van der Waals surface area contributed by atoms with Gasteiger partial charge in [0.1, 0.15) is 0 Å². The molecule has 0 fully saturated rings. The molecule has 0 amide bonds. The molecule has 1 aromatic carbocycles. The Morgan fingerprint density at radius 1 is 1.12 bits per heavy atom. The van der Waals surface area contributed by atoms with E-state index in [4.69, 9.17) is 0 Å². The fraction of sp³-hybridized carbons (Fsp3) is 0. The number of benzene rings is 1. The van der Waals surface area contributed by atoms with Crippen LogP contribution in [-0.2, 0) is 0 Å². The second-order valence-electron chi connectivity index (χ2n) is 1.40. The predicted molar refractivity (Wildman–Crippen MR) is 38.1 cm³/mol. The normalized spacial score (nSPS) is 9.12. The van der Waals surface area contributed by atoms with E-state index in [0.29, 0.717) is 0 Å². The van der Waals surface area contributed by atoms with Crippen molar-refractivity contribution in [2.45, 2.75) is 4.90 Å². The van der Waals surface area contributed by atoms with Crippen molar-refractivity contribution in [3.63, 3.8) is 0 Å². The van der Waals surface area contributed by atoms with E-state index in [9.17, 15) is 0 Å². The first-order valence-electron chi connectivity index (χ1n) is 2.28. The summed E-state index contributed by atoms with van der Waals surface area (Å²) in [7, 11) is 1.64. The maximum absolute atomic E-state index is 2.88. The van der Waals surface area contributed by atoms with Crippen LogP contribution in [0, 0.1) is 0 Å². The van der Waals surface area contributed by atoms with Gasteiger partial charge in [-0.05, 0) is 0 Å². The molecule has 0 saturated carbocycles. The molecule has 0 unspecified atom stereocenters. The summed E-state index contributed by atoms with van der Waals surface area (Å²) < 4.78 is 0. The van der Waals surface area contributed by atoms with Crippen LogP contribution in [0.15, 0.2) is 35.2 Å². The summed E-state index contributed by atoms with van der Waals surface area (Å²) in [5.74, 6) is 0. The molecule has 1 aromatic rings. The Hall–Kier alpha value is 0.0895. The van der Waals surface area contributed by atoms with Crippen LogP contribution in [0.2, 0.25) is 0 Å². The first-order valence-corrected chi connectivity index (χ1v) is 5.12. The van der Waals surface area contributed by atoms with Crippen LogP contribution in [0.25, 0.3) is 0 Å². The van der Waals surface area contributed by atoms with E-state index in [1.54, 1.807) is 10.2 Å². The second-order valence-corrected chi connectivity index (χ2v) is 3.08. The third-order valence-electron chi connectivity index (χ3n) is 0.839. The van der Waals surface area contributed by atoms with Gasteiger partial charge in [-0.15, -0.1) is 0 Å². The van der Waals surface area contributed by atoms with Gasteiger partial charge in [0.2, 0.25) is 0 Å². The summed E-state index contributed by atoms with van der Waals surface area (Å²) in [4.78, 5) is 1.27. The SMILES string of the molecule is [Se]Sc1ccccc1. The van der Waals surface area contributed by atoms with Crippen LogP contribution >= 0.6 is 10.2 Å². The number of hydrogen-bond acceptors (Lipinski definition) is 1. The maximum atomic E-state index is 2.88. The van der Waals surface area contributed by atoms with Gasteiger partial charge >= 0.3 is 60.3 Å². The molecule has 0 atom stereocenters. The first kappa shape index (κ1) is 6.21. The van der Waals surface area contributed by atoms with Crippen LogP contribution in [0.3, 0.4) is 0 Å². The van der Waals surface area contributed by atoms with Crippen molar-refractivity contribution >= 4 is 25.1 Å². The Kier molecular flexibility index (Phi) is 2.47. The second kappa shape index (κ2) is 3.18. The van der Waals surface area contributed by atoms with Crippen molar-refractivity contribution in [3.05, 3.63) is 30.3 Å². The molecule has 41 valence electrons. The van der Waals surface area contributed by atoms with E-state index in [1.807, 2.05) is 18.2 Å². The Morgan fingerprint density at radius 3 is 2.12 bits per heavy atom. The Balaban J connectivity index is 2.83. The quantitative estimate of drug-likeness (QED) is 0.606. The zero-order valence-electron chi connectivity index (χ0n) is 4.20. The van der Waals surface area contributed by atoms with Gasteiger partial charge in [-0.25, -0.2) is 0 Å². The molecule has 1 rings (SSSR count). The predicted octanol–water partition coefficient (Wildman–Crippen LogP) is 1.86. The summed E-state index contributed by atoms with van der Waals surface area (Å²) >= 11 is 2.88. The van der Waals surface area contributed by atoms with Crippen molar-refractivity contribution in [3.8, 4) is 0 Å². The Bertz CT molecular complexity index is 150. The van der Waals surface area contributed by atoms with E-state index >= 15 is 0 Å². The molecule has 0 heterocycles. The fourth-order valence-electron chi connectivity index (χ4n) is 0.476. The van der Waals surface area contributed by atoms with Gasteiger partial charge in [0.25, 0.3) is 0 Å². The van der Waals surface area contributed by atoms with Gasteiger partial charge in [-0.1, -0.05) is 0 Å². The third kappa shape index (κ3) is 1.55. The van der Waals surface area contributed by atoms with Crippen LogP contribution in [0.4, 0.5) is 0 Å². The molecule has 0 aromatic heterocycles. The van der Waals surface area contributed by atoms with E-state index in [1.165, 1.54) is 4.90 Å². The Labute approximate surface area is 60.6 Å². The minimum absolute atomic E-state index is 1.27. The molecule has 0 spiro atoms. The number of hydrogen-bond donors (Lipinski definition) is 0. The molecule has 0 bridgehead atoms. The van der Waals surface area contributed by atoms with Gasteiger partial charge in [-0.2, -0.15) is 0 Å². The van der Waals surface area contributed by atoms with E-state index in [0.717, 1.165) is 0 Å². The molecular weight excluding hydrogens is 183 g/mol. The molecule has 1 radical (unpaired) electrons. The molecule has 2 heteroatoms. The van der Waals surface area contributed by atoms with Crippen molar-refractivity contribution in [1.82, 2.24) is 0 Å². The molecule has 0 aliphatic rings. The van der Waals surface area contributed by atoms with Gasteiger partial charge in [0.15, 0.2) is 0 Å². The monoisotopic (exact) mass is 189 g/mol. The van der Waals surface area contributed by atoms with Crippen LogP contribution in [0.1, 0.15) is 0 Å². The average molecular weight is 188 g/mol. The van der Waals surface area contributed by atoms with Crippen molar-refractivity contribution in [2.75, 3.05) is 0 Å². The van der Waals surface area contributed by atoms with Crippen molar-refractivity contribution in [1.29, 1.82) is 0 Å². The average Bonchev–Trinajstić information content (AvgIpc) is 1.90. The molecule has 8 heavy (non-hydrogen) atoms. The summed E-state index contributed by atoms with van der Waals surface area (Å²) in [6, 6.07) is 10.2. The van der Waals surface area contributed by atoms with Gasteiger partial charge in [0.05, 0.1) is 0 Å². The van der Waals surface area contributed by atoms with Crippen LogP contribution in [0.5, 0.6) is 0 Å². The topological polar surface area (TPSA) is 0 Å².